The van der Waals surface area contributed by atoms with E-state index in [0.29, 0.717) is 5.25 Å². The van der Waals surface area contributed by atoms with Gasteiger partial charge in [-0.3, -0.25) is 0 Å². The van der Waals surface area contributed by atoms with Crippen LogP contribution in [0.15, 0.2) is 27.6 Å². The van der Waals surface area contributed by atoms with Crippen LogP contribution in [-0.2, 0) is 6.61 Å². The Labute approximate surface area is 103 Å². The molecule has 0 saturated carbocycles. The molecule has 0 bridgehead atoms. The summed E-state index contributed by atoms with van der Waals surface area (Å²) in [5.74, 6) is 0. The van der Waals surface area contributed by atoms with Crippen LogP contribution in [0.5, 0.6) is 0 Å². The Morgan fingerprint density at radius 1 is 1.40 bits per heavy atom. The van der Waals surface area contributed by atoms with Crippen LogP contribution in [0.25, 0.3) is 0 Å². The molecule has 0 aliphatic heterocycles. The fourth-order valence-corrected chi connectivity index (χ4v) is 2.73. The zero-order valence-corrected chi connectivity index (χ0v) is 11.0. The Bertz CT molecular complexity index is 317. The van der Waals surface area contributed by atoms with Gasteiger partial charge >= 0.3 is 0 Å². The molecule has 0 heterocycles. The van der Waals surface area contributed by atoms with E-state index in [1.165, 1.54) is 0 Å². The predicted molar refractivity (Wildman–Crippen MR) is 67.1 cm³/mol. The van der Waals surface area contributed by atoms with Gasteiger partial charge in [-0.1, -0.05) is 22.9 Å². The van der Waals surface area contributed by atoms with Crippen molar-refractivity contribution in [1.82, 2.24) is 0 Å². The van der Waals surface area contributed by atoms with Crippen molar-refractivity contribution < 1.29 is 10.2 Å². The van der Waals surface area contributed by atoms with Crippen molar-refractivity contribution in [2.24, 2.45) is 0 Å². The first-order valence-electron chi connectivity index (χ1n) is 4.84. The molecular formula is C11H15BrO2S. The molecule has 0 aliphatic rings. The molecule has 1 rings (SSSR count). The maximum absolute atomic E-state index is 9.20. The average molecular weight is 291 g/mol. The number of aliphatic hydroxyl groups is 2. The Balaban J connectivity index is 2.75. The molecule has 1 unspecified atom stereocenters. The largest absolute Gasteiger partial charge is 0.396 e. The zero-order chi connectivity index (χ0) is 11.3. The van der Waals surface area contributed by atoms with Crippen molar-refractivity contribution >= 4 is 27.7 Å². The minimum absolute atomic E-state index is 0.0492. The Morgan fingerprint density at radius 3 is 2.73 bits per heavy atom. The van der Waals surface area contributed by atoms with Crippen molar-refractivity contribution in [1.29, 1.82) is 0 Å². The number of thioether (sulfide) groups is 1. The molecular weight excluding hydrogens is 276 g/mol. The van der Waals surface area contributed by atoms with E-state index in [-0.39, 0.29) is 13.2 Å². The number of aliphatic hydroxyl groups excluding tert-OH is 2. The first-order chi connectivity index (χ1) is 7.17. The van der Waals surface area contributed by atoms with Crippen LogP contribution in [0.3, 0.4) is 0 Å². The van der Waals surface area contributed by atoms with Crippen molar-refractivity contribution in [2.75, 3.05) is 6.61 Å². The summed E-state index contributed by atoms with van der Waals surface area (Å²) >= 11 is 5.06. The van der Waals surface area contributed by atoms with Gasteiger partial charge in [0, 0.05) is 21.2 Å². The van der Waals surface area contributed by atoms with E-state index in [1.54, 1.807) is 11.8 Å². The molecule has 0 saturated heterocycles. The quantitative estimate of drug-likeness (QED) is 0.820. The summed E-state index contributed by atoms with van der Waals surface area (Å²) in [5, 5.41) is 18.4. The fourth-order valence-electron chi connectivity index (χ4n) is 1.24. The third-order valence-electron chi connectivity index (χ3n) is 2.06. The normalized spacial score (nSPS) is 12.8. The van der Waals surface area contributed by atoms with Crippen molar-refractivity contribution in [2.45, 2.75) is 30.1 Å². The maximum Gasteiger partial charge on any atom is 0.0693 e. The fraction of sp³-hybridized carbons (Fsp3) is 0.455. The predicted octanol–water partition coefficient (Wildman–Crippen LogP) is 2.80. The van der Waals surface area contributed by atoms with E-state index in [1.807, 2.05) is 18.2 Å². The first kappa shape index (κ1) is 13.0. The van der Waals surface area contributed by atoms with Gasteiger partial charge in [-0.15, -0.1) is 11.8 Å². The molecule has 0 radical (unpaired) electrons. The molecule has 4 heteroatoms. The minimum Gasteiger partial charge on any atom is -0.396 e. The summed E-state index contributed by atoms with van der Waals surface area (Å²) in [6, 6.07) is 5.88. The summed E-state index contributed by atoms with van der Waals surface area (Å²) in [5.41, 5.74) is 0.930. The lowest BCUT2D eigenvalue weighted by Crippen LogP contribution is -2.00. The van der Waals surface area contributed by atoms with Gasteiger partial charge in [0.05, 0.1) is 6.61 Å². The van der Waals surface area contributed by atoms with Crippen LogP contribution in [-0.4, -0.2) is 22.1 Å². The summed E-state index contributed by atoms with van der Waals surface area (Å²) in [7, 11) is 0. The zero-order valence-electron chi connectivity index (χ0n) is 8.61. The Kier molecular flexibility index (Phi) is 5.68. The highest BCUT2D eigenvalue weighted by Crippen LogP contribution is 2.30. The SMILES string of the molecule is CC(CCO)Sc1ccc(Br)cc1CO. The van der Waals surface area contributed by atoms with Gasteiger partial charge in [0.15, 0.2) is 0 Å². The van der Waals surface area contributed by atoms with Crippen molar-refractivity contribution in [3.63, 3.8) is 0 Å². The number of hydrogen-bond acceptors (Lipinski definition) is 3. The third-order valence-corrected chi connectivity index (χ3v) is 3.84. The number of benzene rings is 1. The van der Waals surface area contributed by atoms with Crippen LogP contribution in [0, 0.1) is 0 Å². The van der Waals surface area contributed by atoms with Gasteiger partial charge < -0.3 is 10.2 Å². The van der Waals surface area contributed by atoms with E-state index in [0.717, 1.165) is 21.4 Å². The second-order valence-corrected chi connectivity index (χ2v) is 5.75. The molecule has 0 aromatic heterocycles. The topological polar surface area (TPSA) is 40.5 Å². The van der Waals surface area contributed by atoms with Crippen molar-refractivity contribution in [3.05, 3.63) is 28.2 Å². The molecule has 2 N–H and O–H groups in total. The van der Waals surface area contributed by atoms with E-state index in [2.05, 4.69) is 22.9 Å². The molecule has 84 valence electrons. The van der Waals surface area contributed by atoms with E-state index in [4.69, 9.17) is 5.11 Å². The third kappa shape index (κ3) is 4.15. The summed E-state index contributed by atoms with van der Waals surface area (Å²) in [4.78, 5) is 1.08. The smallest absolute Gasteiger partial charge is 0.0693 e. The van der Waals surface area contributed by atoms with Crippen LogP contribution >= 0.6 is 27.7 Å². The van der Waals surface area contributed by atoms with Gasteiger partial charge in [0.2, 0.25) is 0 Å². The summed E-state index contributed by atoms with van der Waals surface area (Å²) < 4.78 is 0.978. The lowest BCUT2D eigenvalue weighted by Gasteiger charge is -2.12. The lowest BCUT2D eigenvalue weighted by molar-refractivity contribution is 0.278. The molecule has 0 aliphatic carbocycles. The summed E-state index contributed by atoms with van der Waals surface area (Å²) in [6.07, 6.45) is 0.769. The van der Waals surface area contributed by atoms with E-state index < -0.39 is 0 Å². The Hall–Kier alpha value is -0.0300. The molecule has 0 amide bonds. The number of halogens is 1. The van der Waals surface area contributed by atoms with Gasteiger partial charge in [-0.25, -0.2) is 0 Å². The number of rotatable bonds is 5. The molecule has 2 nitrogen and oxygen atoms in total. The van der Waals surface area contributed by atoms with Gasteiger partial charge in [-0.05, 0) is 30.2 Å². The molecule has 15 heavy (non-hydrogen) atoms. The maximum atomic E-state index is 9.20. The van der Waals surface area contributed by atoms with Crippen molar-refractivity contribution in [3.8, 4) is 0 Å². The standard InChI is InChI=1S/C11H15BrO2S/c1-8(4-5-13)15-11-3-2-10(12)6-9(11)7-14/h2-3,6,8,13-14H,4-5,7H2,1H3. The molecule has 0 fully saturated rings. The van der Waals surface area contributed by atoms with Gasteiger partial charge in [0.1, 0.15) is 0 Å². The monoisotopic (exact) mass is 290 g/mol. The van der Waals surface area contributed by atoms with Crippen LogP contribution < -0.4 is 0 Å². The molecule has 1 aromatic rings. The van der Waals surface area contributed by atoms with E-state index >= 15 is 0 Å². The lowest BCUT2D eigenvalue weighted by atomic mass is 10.2. The van der Waals surface area contributed by atoms with Crippen LogP contribution in [0.2, 0.25) is 0 Å². The summed E-state index contributed by atoms with van der Waals surface area (Å²) in [6.45, 7) is 2.33. The average Bonchev–Trinajstić information content (AvgIpc) is 2.21. The van der Waals surface area contributed by atoms with Gasteiger partial charge in [-0.2, -0.15) is 0 Å². The van der Waals surface area contributed by atoms with E-state index in [9.17, 15) is 5.11 Å². The molecule has 0 spiro atoms. The first-order valence-corrected chi connectivity index (χ1v) is 6.51. The highest BCUT2D eigenvalue weighted by Gasteiger charge is 2.08. The highest BCUT2D eigenvalue weighted by atomic mass is 79.9. The van der Waals surface area contributed by atoms with Crippen LogP contribution in [0.1, 0.15) is 18.9 Å². The van der Waals surface area contributed by atoms with Crippen LogP contribution in [0.4, 0.5) is 0 Å². The molecule has 1 atom stereocenters. The highest BCUT2D eigenvalue weighted by molar-refractivity contribution is 9.10. The minimum atomic E-state index is 0.0492. The molecule has 1 aromatic carbocycles. The number of hydrogen-bond donors (Lipinski definition) is 2. The van der Waals surface area contributed by atoms with Gasteiger partial charge in [0.25, 0.3) is 0 Å². The Morgan fingerprint density at radius 2 is 2.13 bits per heavy atom. The second kappa shape index (κ2) is 6.53. The second-order valence-electron chi connectivity index (χ2n) is 3.35.